The van der Waals surface area contributed by atoms with Crippen LogP contribution in [-0.2, 0) is 0 Å². The van der Waals surface area contributed by atoms with Crippen molar-refractivity contribution in [1.29, 1.82) is 0 Å². The maximum absolute atomic E-state index is 2.50. The lowest BCUT2D eigenvalue weighted by atomic mass is 9.86. The molecular weight excluding hydrogens is 122 g/mol. The highest BCUT2D eigenvalue weighted by Crippen LogP contribution is 2.33. The Morgan fingerprint density at radius 2 is 2.00 bits per heavy atom. The quantitative estimate of drug-likeness (QED) is 0.540. The summed E-state index contributed by atoms with van der Waals surface area (Å²) >= 11 is 0. The zero-order chi connectivity index (χ0) is 7.78. The summed E-state index contributed by atoms with van der Waals surface area (Å²) in [5.41, 5.74) is 0.486. The lowest BCUT2D eigenvalue weighted by Gasteiger charge is -2.36. The largest absolute Gasteiger partial charge is 0.301 e. The Balaban J connectivity index is 2.66. The third kappa shape index (κ3) is 1.07. The van der Waals surface area contributed by atoms with E-state index in [9.17, 15) is 0 Å². The van der Waals surface area contributed by atoms with Crippen molar-refractivity contribution in [1.82, 2.24) is 4.90 Å². The molecule has 0 unspecified atom stereocenters. The van der Waals surface area contributed by atoms with Gasteiger partial charge in [-0.15, -0.1) is 0 Å². The van der Waals surface area contributed by atoms with Crippen LogP contribution < -0.4 is 0 Å². The van der Waals surface area contributed by atoms with Crippen LogP contribution >= 0.6 is 0 Å². The molecule has 1 rings (SSSR count). The van der Waals surface area contributed by atoms with Crippen LogP contribution in [0.1, 0.15) is 33.6 Å². The fraction of sp³-hybridized carbons (Fsp3) is 1.00. The van der Waals surface area contributed by atoms with Gasteiger partial charge in [0.05, 0.1) is 0 Å². The number of hydrogen-bond donors (Lipinski definition) is 0. The molecule has 1 saturated heterocycles. The molecule has 0 aromatic heterocycles. The fourth-order valence-electron chi connectivity index (χ4n) is 1.85. The number of hydrogen-bond acceptors (Lipinski definition) is 1. The normalized spacial score (nSPS) is 35.7. The lowest BCUT2D eigenvalue weighted by Crippen LogP contribution is -2.42. The van der Waals surface area contributed by atoms with Crippen LogP contribution in [0.5, 0.6) is 0 Å². The van der Waals surface area contributed by atoms with E-state index >= 15 is 0 Å². The van der Waals surface area contributed by atoms with Gasteiger partial charge < -0.3 is 4.90 Å². The molecule has 0 bridgehead atoms. The van der Waals surface area contributed by atoms with Gasteiger partial charge in [0.2, 0.25) is 0 Å². The Hall–Kier alpha value is -0.0400. The molecular formula is C9H19N. The molecule has 0 N–H and O–H groups in total. The molecule has 10 heavy (non-hydrogen) atoms. The summed E-state index contributed by atoms with van der Waals surface area (Å²) in [7, 11) is 2.24. The maximum atomic E-state index is 2.50. The summed E-state index contributed by atoms with van der Waals surface area (Å²) in [6.07, 6.45) is 2.76. The highest BCUT2D eigenvalue weighted by atomic mass is 15.2. The summed E-state index contributed by atoms with van der Waals surface area (Å²) in [6, 6.07) is 0. The molecule has 0 aromatic carbocycles. The molecule has 0 amide bonds. The van der Waals surface area contributed by atoms with Gasteiger partial charge in [-0.25, -0.2) is 0 Å². The van der Waals surface area contributed by atoms with Crippen molar-refractivity contribution in [2.24, 2.45) is 5.92 Å². The van der Waals surface area contributed by atoms with Crippen molar-refractivity contribution in [3.8, 4) is 0 Å². The third-order valence-electron chi connectivity index (χ3n) is 3.29. The van der Waals surface area contributed by atoms with E-state index in [0.29, 0.717) is 5.54 Å². The van der Waals surface area contributed by atoms with Crippen molar-refractivity contribution in [2.75, 3.05) is 13.6 Å². The Morgan fingerprint density at radius 3 is 2.20 bits per heavy atom. The second-order valence-electron chi connectivity index (χ2n) is 4.04. The standard InChI is InChI=1S/C9H19N/c1-8(2)9(3)6-5-7-10(9)4/h8H,5-7H2,1-4H3/t9-/m1/s1. The van der Waals surface area contributed by atoms with Gasteiger partial charge in [-0.2, -0.15) is 0 Å². The molecule has 0 aliphatic carbocycles. The minimum Gasteiger partial charge on any atom is -0.301 e. The van der Waals surface area contributed by atoms with E-state index < -0.39 is 0 Å². The van der Waals surface area contributed by atoms with Gasteiger partial charge in [-0.3, -0.25) is 0 Å². The highest BCUT2D eigenvalue weighted by Gasteiger charge is 2.36. The summed E-state index contributed by atoms with van der Waals surface area (Å²) in [5, 5.41) is 0. The molecule has 0 aromatic rings. The van der Waals surface area contributed by atoms with Crippen molar-refractivity contribution in [2.45, 2.75) is 39.2 Å². The maximum Gasteiger partial charge on any atom is 0.0201 e. The first kappa shape index (κ1) is 8.06. The molecule has 1 nitrogen and oxygen atoms in total. The molecule has 1 aliphatic heterocycles. The summed E-state index contributed by atoms with van der Waals surface area (Å²) in [6.45, 7) is 8.31. The third-order valence-corrected chi connectivity index (χ3v) is 3.29. The Bertz CT molecular complexity index is 120. The first-order chi connectivity index (χ1) is 4.57. The van der Waals surface area contributed by atoms with Crippen LogP contribution in [0.25, 0.3) is 0 Å². The van der Waals surface area contributed by atoms with Gasteiger partial charge in [0.15, 0.2) is 0 Å². The molecule has 0 spiro atoms. The fourth-order valence-corrected chi connectivity index (χ4v) is 1.85. The first-order valence-corrected chi connectivity index (χ1v) is 4.28. The van der Waals surface area contributed by atoms with Gasteiger partial charge in [0.25, 0.3) is 0 Å². The molecule has 0 saturated carbocycles. The summed E-state index contributed by atoms with van der Waals surface area (Å²) in [5.74, 6) is 0.792. The van der Waals surface area contributed by atoms with Gasteiger partial charge in [0, 0.05) is 5.54 Å². The van der Waals surface area contributed by atoms with Crippen LogP contribution in [0, 0.1) is 5.92 Å². The van der Waals surface area contributed by atoms with E-state index in [4.69, 9.17) is 0 Å². The van der Waals surface area contributed by atoms with E-state index in [1.54, 1.807) is 0 Å². The van der Waals surface area contributed by atoms with E-state index in [2.05, 4.69) is 32.7 Å². The predicted octanol–water partition coefficient (Wildman–Crippen LogP) is 2.13. The minimum atomic E-state index is 0.486. The zero-order valence-electron chi connectivity index (χ0n) is 7.65. The smallest absolute Gasteiger partial charge is 0.0201 e. The van der Waals surface area contributed by atoms with Crippen molar-refractivity contribution < 1.29 is 0 Å². The molecule has 1 aliphatic rings. The first-order valence-electron chi connectivity index (χ1n) is 4.28. The second kappa shape index (κ2) is 2.54. The van der Waals surface area contributed by atoms with Gasteiger partial charge in [-0.1, -0.05) is 13.8 Å². The SMILES string of the molecule is CC(C)[C@@]1(C)CCCN1C. The molecule has 1 heterocycles. The van der Waals surface area contributed by atoms with Crippen molar-refractivity contribution in [3.05, 3.63) is 0 Å². The lowest BCUT2D eigenvalue weighted by molar-refractivity contribution is 0.136. The monoisotopic (exact) mass is 141 g/mol. The van der Waals surface area contributed by atoms with E-state index in [1.807, 2.05) is 0 Å². The van der Waals surface area contributed by atoms with Crippen LogP contribution in [0.2, 0.25) is 0 Å². The van der Waals surface area contributed by atoms with Crippen molar-refractivity contribution >= 4 is 0 Å². The van der Waals surface area contributed by atoms with Crippen LogP contribution in [-0.4, -0.2) is 24.0 Å². The Morgan fingerprint density at radius 1 is 1.40 bits per heavy atom. The average Bonchev–Trinajstić information content (AvgIpc) is 2.15. The highest BCUT2D eigenvalue weighted by molar-refractivity contribution is 4.92. The molecule has 0 radical (unpaired) electrons. The molecule has 1 heteroatoms. The zero-order valence-corrected chi connectivity index (χ0v) is 7.65. The van der Waals surface area contributed by atoms with Crippen LogP contribution in [0.4, 0.5) is 0 Å². The molecule has 1 atom stereocenters. The number of rotatable bonds is 1. The average molecular weight is 141 g/mol. The van der Waals surface area contributed by atoms with E-state index in [0.717, 1.165) is 5.92 Å². The molecule has 60 valence electrons. The molecule has 1 fully saturated rings. The van der Waals surface area contributed by atoms with Crippen LogP contribution in [0.3, 0.4) is 0 Å². The van der Waals surface area contributed by atoms with Gasteiger partial charge >= 0.3 is 0 Å². The van der Waals surface area contributed by atoms with Gasteiger partial charge in [-0.05, 0) is 39.3 Å². The topological polar surface area (TPSA) is 3.24 Å². The summed E-state index contributed by atoms with van der Waals surface area (Å²) in [4.78, 5) is 2.50. The Kier molecular flexibility index (Phi) is 2.04. The van der Waals surface area contributed by atoms with E-state index in [1.165, 1.54) is 19.4 Å². The number of nitrogens with zero attached hydrogens (tertiary/aromatic N) is 1. The van der Waals surface area contributed by atoms with E-state index in [-0.39, 0.29) is 0 Å². The number of likely N-dealkylation sites (tertiary alicyclic amines) is 1. The predicted molar refractivity (Wildman–Crippen MR) is 45.1 cm³/mol. The Labute approximate surface area is 64.4 Å². The van der Waals surface area contributed by atoms with Gasteiger partial charge in [0.1, 0.15) is 0 Å². The van der Waals surface area contributed by atoms with Crippen LogP contribution in [0.15, 0.2) is 0 Å². The second-order valence-corrected chi connectivity index (χ2v) is 4.04. The minimum absolute atomic E-state index is 0.486. The summed E-state index contributed by atoms with van der Waals surface area (Å²) < 4.78 is 0. The van der Waals surface area contributed by atoms with Crippen molar-refractivity contribution in [3.63, 3.8) is 0 Å².